The first-order valence-corrected chi connectivity index (χ1v) is 7.11. The molecule has 0 aromatic carbocycles. The van der Waals surface area contributed by atoms with Gasteiger partial charge in [-0.25, -0.2) is 5.43 Å². The number of nitrogens with one attached hydrogen (secondary N) is 1. The largest absolute Gasteiger partial charge is 0.376 e. The number of rotatable bonds is 6. The lowest BCUT2D eigenvalue weighted by Gasteiger charge is -2.38. The molecule has 0 aliphatic carbocycles. The van der Waals surface area contributed by atoms with Crippen molar-refractivity contribution in [3.63, 3.8) is 0 Å². The van der Waals surface area contributed by atoms with Crippen LogP contribution in [-0.4, -0.2) is 12.7 Å². The van der Waals surface area contributed by atoms with E-state index in [4.69, 9.17) is 10.6 Å². The van der Waals surface area contributed by atoms with Crippen LogP contribution >= 0.6 is 27.3 Å². The number of hydrogen-bond acceptors (Lipinski definition) is 4. The summed E-state index contributed by atoms with van der Waals surface area (Å²) in [6.45, 7) is 4.25. The van der Waals surface area contributed by atoms with E-state index >= 15 is 0 Å². The van der Waals surface area contributed by atoms with Crippen molar-refractivity contribution in [2.75, 3.05) is 7.11 Å². The second-order valence-electron chi connectivity index (χ2n) is 3.75. The highest BCUT2D eigenvalue weighted by Crippen LogP contribution is 2.38. The first-order chi connectivity index (χ1) is 7.65. The molecule has 92 valence electrons. The van der Waals surface area contributed by atoms with Crippen molar-refractivity contribution in [1.29, 1.82) is 0 Å². The number of thiophene rings is 1. The monoisotopic (exact) mass is 306 g/mol. The maximum Gasteiger partial charge on any atom is 0.0880 e. The molecule has 5 heteroatoms. The van der Waals surface area contributed by atoms with Gasteiger partial charge in [-0.2, -0.15) is 11.3 Å². The molecule has 0 aliphatic heterocycles. The molecule has 1 unspecified atom stereocenters. The van der Waals surface area contributed by atoms with Crippen molar-refractivity contribution in [2.24, 2.45) is 5.84 Å². The van der Waals surface area contributed by atoms with Crippen molar-refractivity contribution < 1.29 is 4.74 Å². The lowest BCUT2D eigenvalue weighted by atomic mass is 9.85. The number of hydrogen-bond donors (Lipinski definition) is 2. The lowest BCUT2D eigenvalue weighted by molar-refractivity contribution is -0.0487. The molecule has 0 spiro atoms. The first-order valence-electron chi connectivity index (χ1n) is 5.38. The molecule has 16 heavy (non-hydrogen) atoms. The van der Waals surface area contributed by atoms with E-state index in [9.17, 15) is 0 Å². The SMILES string of the molecule is CCC(CC)(OC)C(NN)c1cscc1Br. The summed E-state index contributed by atoms with van der Waals surface area (Å²) in [7, 11) is 1.75. The van der Waals surface area contributed by atoms with Gasteiger partial charge in [-0.3, -0.25) is 5.84 Å². The summed E-state index contributed by atoms with van der Waals surface area (Å²) in [5.74, 6) is 5.70. The Morgan fingerprint density at radius 1 is 1.50 bits per heavy atom. The minimum atomic E-state index is -0.252. The Kier molecular flexibility index (Phi) is 5.40. The Bertz CT molecular complexity index is 317. The van der Waals surface area contributed by atoms with Crippen LogP contribution in [0.2, 0.25) is 0 Å². The Balaban J connectivity index is 3.10. The predicted octanol–water partition coefficient (Wildman–Crippen LogP) is 3.22. The summed E-state index contributed by atoms with van der Waals surface area (Å²) in [6, 6.07) is 0.00752. The molecule has 0 bridgehead atoms. The molecule has 0 saturated carbocycles. The zero-order valence-corrected chi connectivity index (χ0v) is 12.3. The fourth-order valence-corrected chi connectivity index (χ4v) is 3.64. The minimum absolute atomic E-state index is 0.00752. The summed E-state index contributed by atoms with van der Waals surface area (Å²) in [6.07, 6.45) is 1.83. The Morgan fingerprint density at radius 2 is 2.12 bits per heavy atom. The third-order valence-electron chi connectivity index (χ3n) is 3.25. The lowest BCUT2D eigenvalue weighted by Crippen LogP contribution is -2.47. The van der Waals surface area contributed by atoms with Crippen LogP contribution < -0.4 is 11.3 Å². The average Bonchev–Trinajstić information content (AvgIpc) is 2.72. The van der Waals surface area contributed by atoms with Crippen LogP contribution in [0.4, 0.5) is 0 Å². The number of methoxy groups -OCH3 is 1. The van der Waals surface area contributed by atoms with Gasteiger partial charge in [-0.1, -0.05) is 13.8 Å². The van der Waals surface area contributed by atoms with Gasteiger partial charge in [0.25, 0.3) is 0 Å². The molecular weight excluding hydrogens is 288 g/mol. The predicted molar refractivity (Wildman–Crippen MR) is 72.4 cm³/mol. The van der Waals surface area contributed by atoms with E-state index in [0.717, 1.165) is 22.9 Å². The second kappa shape index (κ2) is 6.12. The molecule has 0 fully saturated rings. The minimum Gasteiger partial charge on any atom is -0.376 e. The fraction of sp³-hybridized carbons (Fsp3) is 0.636. The van der Waals surface area contributed by atoms with Crippen LogP contribution in [0.1, 0.15) is 38.3 Å². The van der Waals surface area contributed by atoms with Gasteiger partial charge in [0, 0.05) is 17.0 Å². The molecule has 1 atom stereocenters. The standard InChI is InChI=1S/C11H19BrN2OS/c1-4-11(5-2,15-3)10(14-13)8-6-16-7-9(8)12/h6-7,10,14H,4-5,13H2,1-3H3. The van der Waals surface area contributed by atoms with Gasteiger partial charge in [0.15, 0.2) is 0 Å². The molecule has 0 radical (unpaired) electrons. The van der Waals surface area contributed by atoms with E-state index in [0.29, 0.717) is 0 Å². The van der Waals surface area contributed by atoms with Gasteiger partial charge >= 0.3 is 0 Å². The molecule has 0 aliphatic rings. The number of hydrazine groups is 1. The van der Waals surface area contributed by atoms with Gasteiger partial charge in [-0.05, 0) is 39.7 Å². The molecule has 1 rings (SSSR count). The third-order valence-corrected chi connectivity index (χ3v) is 5.00. The Hall–Kier alpha value is 0.0600. The second-order valence-corrected chi connectivity index (χ2v) is 5.35. The quantitative estimate of drug-likeness (QED) is 0.626. The highest BCUT2D eigenvalue weighted by molar-refractivity contribution is 9.10. The Morgan fingerprint density at radius 3 is 2.44 bits per heavy atom. The van der Waals surface area contributed by atoms with E-state index in [2.05, 4.69) is 46.0 Å². The van der Waals surface area contributed by atoms with Crippen molar-refractivity contribution in [2.45, 2.75) is 38.3 Å². The molecule has 3 N–H and O–H groups in total. The van der Waals surface area contributed by atoms with Crippen LogP contribution in [0.15, 0.2) is 15.2 Å². The smallest absolute Gasteiger partial charge is 0.0880 e. The van der Waals surface area contributed by atoms with Gasteiger partial charge in [0.05, 0.1) is 11.6 Å². The van der Waals surface area contributed by atoms with Gasteiger partial charge < -0.3 is 4.74 Å². The summed E-state index contributed by atoms with van der Waals surface area (Å²) in [5.41, 5.74) is 3.80. The normalized spacial score (nSPS) is 14.1. The molecule has 0 amide bonds. The molecule has 1 aromatic heterocycles. The fourth-order valence-electron chi connectivity index (χ4n) is 2.09. The maximum absolute atomic E-state index is 5.71. The zero-order valence-electron chi connectivity index (χ0n) is 9.92. The molecule has 1 heterocycles. The molecule has 0 saturated heterocycles. The highest BCUT2D eigenvalue weighted by atomic mass is 79.9. The molecular formula is C11H19BrN2OS. The Labute approximate surface area is 109 Å². The van der Waals surface area contributed by atoms with Gasteiger partial charge in [0.2, 0.25) is 0 Å². The summed E-state index contributed by atoms with van der Waals surface area (Å²) >= 11 is 5.21. The van der Waals surface area contributed by atoms with Crippen molar-refractivity contribution >= 4 is 27.3 Å². The van der Waals surface area contributed by atoms with Crippen LogP contribution in [0.25, 0.3) is 0 Å². The summed E-state index contributed by atoms with van der Waals surface area (Å²) in [4.78, 5) is 0. The molecule has 3 nitrogen and oxygen atoms in total. The summed E-state index contributed by atoms with van der Waals surface area (Å²) < 4.78 is 6.80. The number of halogens is 1. The third kappa shape index (κ3) is 2.49. The van der Waals surface area contributed by atoms with Crippen molar-refractivity contribution in [3.05, 3.63) is 20.8 Å². The van der Waals surface area contributed by atoms with Crippen molar-refractivity contribution in [3.8, 4) is 0 Å². The van der Waals surface area contributed by atoms with E-state index in [-0.39, 0.29) is 11.6 Å². The van der Waals surface area contributed by atoms with Crippen molar-refractivity contribution in [1.82, 2.24) is 5.43 Å². The molecule has 1 aromatic rings. The number of nitrogens with two attached hydrogens (primary N) is 1. The average molecular weight is 307 g/mol. The van der Waals surface area contributed by atoms with E-state index in [1.54, 1.807) is 18.4 Å². The number of ether oxygens (including phenoxy) is 1. The zero-order chi connectivity index (χ0) is 12.2. The van der Waals surface area contributed by atoms with E-state index in [1.165, 1.54) is 0 Å². The van der Waals surface area contributed by atoms with Crippen LogP contribution in [0.5, 0.6) is 0 Å². The highest BCUT2D eigenvalue weighted by Gasteiger charge is 2.37. The topological polar surface area (TPSA) is 47.3 Å². The summed E-state index contributed by atoms with van der Waals surface area (Å²) in [5, 5.41) is 4.17. The van der Waals surface area contributed by atoms with Gasteiger partial charge in [-0.15, -0.1) is 0 Å². The van der Waals surface area contributed by atoms with E-state index < -0.39 is 0 Å². The first kappa shape index (κ1) is 14.1. The maximum atomic E-state index is 5.71. The van der Waals surface area contributed by atoms with Crippen LogP contribution in [-0.2, 0) is 4.74 Å². The van der Waals surface area contributed by atoms with E-state index in [1.807, 2.05) is 0 Å². The van der Waals surface area contributed by atoms with Gasteiger partial charge in [0.1, 0.15) is 0 Å². The van der Waals surface area contributed by atoms with Crippen LogP contribution in [0, 0.1) is 0 Å². The van der Waals surface area contributed by atoms with Crippen LogP contribution in [0.3, 0.4) is 0 Å².